The monoisotopic (exact) mass is 328 g/mol. The molecule has 1 heterocycles. The van der Waals surface area contributed by atoms with E-state index in [1.807, 2.05) is 49.3 Å². The van der Waals surface area contributed by atoms with Crippen molar-refractivity contribution in [3.8, 4) is 5.75 Å². The number of amides is 1. The van der Waals surface area contributed by atoms with E-state index in [4.69, 9.17) is 4.74 Å². The van der Waals surface area contributed by atoms with Crippen LogP contribution in [0.5, 0.6) is 5.75 Å². The Morgan fingerprint density at radius 2 is 1.96 bits per heavy atom. The van der Waals surface area contributed by atoms with E-state index in [0.717, 1.165) is 23.5 Å². The second-order valence-electron chi connectivity index (χ2n) is 5.72. The summed E-state index contributed by atoms with van der Waals surface area (Å²) < 4.78 is 5.14. The van der Waals surface area contributed by atoms with Gasteiger partial charge in [-0.1, -0.05) is 12.1 Å². The first-order chi connectivity index (χ1) is 11.6. The summed E-state index contributed by atoms with van der Waals surface area (Å²) in [5, 5.41) is 6.16. The zero-order valence-electron chi connectivity index (χ0n) is 14.4. The van der Waals surface area contributed by atoms with E-state index in [1.165, 1.54) is 0 Å². The molecule has 6 nitrogen and oxygen atoms in total. The standard InChI is InChI=1S/C18H24N4O2/c1-22(2)9-8-20-18(23)15-10-16(13-19-12-15)21-11-14-4-6-17(24-3)7-5-14/h4-7,10,12-13,21H,8-9,11H2,1-3H3,(H,20,23). The summed E-state index contributed by atoms with van der Waals surface area (Å²) in [6.07, 6.45) is 3.28. The van der Waals surface area contributed by atoms with Gasteiger partial charge in [-0.15, -0.1) is 0 Å². The molecule has 2 aromatic rings. The van der Waals surface area contributed by atoms with Gasteiger partial charge in [-0.25, -0.2) is 0 Å². The van der Waals surface area contributed by atoms with Crippen LogP contribution in [0.15, 0.2) is 42.7 Å². The van der Waals surface area contributed by atoms with Gasteiger partial charge in [-0.2, -0.15) is 0 Å². The summed E-state index contributed by atoms with van der Waals surface area (Å²) in [5.41, 5.74) is 2.48. The lowest BCUT2D eigenvalue weighted by molar-refractivity contribution is 0.0950. The zero-order valence-corrected chi connectivity index (χ0v) is 14.4. The molecule has 0 radical (unpaired) electrons. The summed E-state index contributed by atoms with van der Waals surface area (Å²) in [7, 11) is 5.59. The molecule has 0 saturated carbocycles. The van der Waals surface area contributed by atoms with Crippen LogP contribution in [-0.2, 0) is 6.54 Å². The summed E-state index contributed by atoms with van der Waals surface area (Å²) in [6, 6.07) is 9.64. The molecule has 0 fully saturated rings. The second-order valence-corrected chi connectivity index (χ2v) is 5.72. The van der Waals surface area contributed by atoms with Gasteiger partial charge in [-0.3, -0.25) is 9.78 Å². The van der Waals surface area contributed by atoms with Crippen LogP contribution in [0, 0.1) is 0 Å². The predicted octanol–water partition coefficient (Wildman–Crippen LogP) is 1.99. The maximum Gasteiger partial charge on any atom is 0.252 e. The van der Waals surface area contributed by atoms with Crippen LogP contribution in [0.3, 0.4) is 0 Å². The molecule has 24 heavy (non-hydrogen) atoms. The number of carbonyl (C=O) groups excluding carboxylic acids is 1. The number of hydrogen-bond acceptors (Lipinski definition) is 5. The van der Waals surface area contributed by atoms with Crippen molar-refractivity contribution in [1.82, 2.24) is 15.2 Å². The smallest absolute Gasteiger partial charge is 0.252 e. The number of carbonyl (C=O) groups is 1. The normalized spacial score (nSPS) is 10.5. The van der Waals surface area contributed by atoms with Gasteiger partial charge in [0.05, 0.1) is 18.4 Å². The average Bonchev–Trinajstić information content (AvgIpc) is 2.60. The number of nitrogens with one attached hydrogen (secondary N) is 2. The summed E-state index contributed by atoms with van der Waals surface area (Å²) in [5.74, 6) is 0.717. The van der Waals surface area contributed by atoms with Crippen molar-refractivity contribution in [3.63, 3.8) is 0 Å². The SMILES string of the molecule is COc1ccc(CNc2cncc(C(=O)NCCN(C)C)c2)cc1. The highest BCUT2D eigenvalue weighted by molar-refractivity contribution is 5.94. The van der Waals surface area contributed by atoms with Crippen LogP contribution in [0.2, 0.25) is 0 Å². The van der Waals surface area contributed by atoms with Crippen LogP contribution in [0.1, 0.15) is 15.9 Å². The van der Waals surface area contributed by atoms with E-state index in [1.54, 1.807) is 19.5 Å². The number of benzene rings is 1. The lowest BCUT2D eigenvalue weighted by Crippen LogP contribution is -2.31. The molecule has 2 rings (SSSR count). The fourth-order valence-corrected chi connectivity index (χ4v) is 2.10. The fourth-order valence-electron chi connectivity index (χ4n) is 2.10. The number of rotatable bonds is 8. The first-order valence-corrected chi connectivity index (χ1v) is 7.83. The van der Waals surface area contributed by atoms with Gasteiger partial charge >= 0.3 is 0 Å². The zero-order chi connectivity index (χ0) is 17.4. The number of pyridine rings is 1. The van der Waals surface area contributed by atoms with Gasteiger partial charge < -0.3 is 20.3 Å². The molecule has 1 aromatic carbocycles. The quantitative estimate of drug-likeness (QED) is 0.776. The molecule has 0 aliphatic carbocycles. The molecule has 0 aliphatic heterocycles. The van der Waals surface area contributed by atoms with E-state index in [9.17, 15) is 4.79 Å². The summed E-state index contributed by atoms with van der Waals surface area (Å²) >= 11 is 0. The first-order valence-electron chi connectivity index (χ1n) is 7.83. The molecule has 1 aromatic heterocycles. The second kappa shape index (κ2) is 8.88. The minimum Gasteiger partial charge on any atom is -0.497 e. The highest BCUT2D eigenvalue weighted by Gasteiger charge is 2.06. The van der Waals surface area contributed by atoms with Crippen LogP contribution in [0.25, 0.3) is 0 Å². The van der Waals surface area contributed by atoms with E-state index in [2.05, 4.69) is 15.6 Å². The Morgan fingerprint density at radius 1 is 1.21 bits per heavy atom. The van der Waals surface area contributed by atoms with Gasteiger partial charge in [-0.05, 0) is 37.9 Å². The summed E-state index contributed by atoms with van der Waals surface area (Å²) in [6.45, 7) is 2.06. The van der Waals surface area contributed by atoms with Crippen molar-refractivity contribution in [3.05, 3.63) is 53.9 Å². The molecule has 0 spiro atoms. The van der Waals surface area contributed by atoms with Crippen molar-refractivity contribution in [2.45, 2.75) is 6.54 Å². The van der Waals surface area contributed by atoms with Crippen LogP contribution in [0.4, 0.5) is 5.69 Å². The Kier molecular flexibility index (Phi) is 6.57. The maximum absolute atomic E-state index is 12.1. The van der Waals surface area contributed by atoms with Gasteiger partial charge in [0.25, 0.3) is 5.91 Å². The Morgan fingerprint density at radius 3 is 2.62 bits per heavy atom. The number of ether oxygens (including phenoxy) is 1. The summed E-state index contributed by atoms with van der Waals surface area (Å²) in [4.78, 5) is 18.3. The van der Waals surface area contributed by atoms with Crippen molar-refractivity contribution in [1.29, 1.82) is 0 Å². The molecule has 0 aliphatic rings. The van der Waals surface area contributed by atoms with E-state index < -0.39 is 0 Å². The molecule has 0 bridgehead atoms. The molecule has 0 saturated heterocycles. The third kappa shape index (κ3) is 5.55. The maximum atomic E-state index is 12.1. The Labute approximate surface area is 142 Å². The number of anilines is 1. The van der Waals surface area contributed by atoms with E-state index >= 15 is 0 Å². The number of likely N-dealkylation sites (N-methyl/N-ethyl adjacent to an activating group) is 1. The number of hydrogen-bond donors (Lipinski definition) is 2. The molecular weight excluding hydrogens is 304 g/mol. The van der Waals surface area contributed by atoms with Crippen LogP contribution < -0.4 is 15.4 Å². The van der Waals surface area contributed by atoms with Crippen molar-refractivity contribution < 1.29 is 9.53 Å². The third-order valence-electron chi connectivity index (χ3n) is 3.50. The van der Waals surface area contributed by atoms with Gasteiger partial charge in [0, 0.05) is 32.0 Å². The minimum atomic E-state index is -0.113. The van der Waals surface area contributed by atoms with E-state index in [0.29, 0.717) is 18.7 Å². The van der Waals surface area contributed by atoms with Gasteiger partial charge in [0.15, 0.2) is 0 Å². The molecule has 6 heteroatoms. The van der Waals surface area contributed by atoms with Crippen molar-refractivity contribution in [2.24, 2.45) is 0 Å². The largest absolute Gasteiger partial charge is 0.497 e. The average molecular weight is 328 g/mol. The molecule has 2 N–H and O–H groups in total. The predicted molar refractivity (Wildman–Crippen MR) is 95.4 cm³/mol. The Balaban J connectivity index is 1.90. The number of methoxy groups -OCH3 is 1. The van der Waals surface area contributed by atoms with Crippen LogP contribution in [-0.4, -0.2) is 50.1 Å². The molecule has 128 valence electrons. The molecule has 0 unspecified atom stereocenters. The van der Waals surface area contributed by atoms with Gasteiger partial charge in [0.1, 0.15) is 5.75 Å². The molecule has 1 amide bonds. The van der Waals surface area contributed by atoms with E-state index in [-0.39, 0.29) is 5.91 Å². The van der Waals surface area contributed by atoms with Gasteiger partial charge in [0.2, 0.25) is 0 Å². The number of aromatic nitrogens is 1. The first kappa shape index (κ1) is 17.7. The lowest BCUT2D eigenvalue weighted by atomic mass is 10.2. The molecule has 0 atom stereocenters. The highest BCUT2D eigenvalue weighted by atomic mass is 16.5. The number of nitrogens with zero attached hydrogens (tertiary/aromatic N) is 2. The fraction of sp³-hybridized carbons (Fsp3) is 0.333. The molecular formula is C18H24N4O2. The minimum absolute atomic E-state index is 0.113. The highest BCUT2D eigenvalue weighted by Crippen LogP contribution is 2.14. The van der Waals surface area contributed by atoms with Crippen molar-refractivity contribution in [2.75, 3.05) is 39.6 Å². The Bertz CT molecular complexity index is 656. The van der Waals surface area contributed by atoms with Crippen LogP contribution >= 0.6 is 0 Å². The topological polar surface area (TPSA) is 66.5 Å². The lowest BCUT2D eigenvalue weighted by Gasteiger charge is -2.11. The Hall–Kier alpha value is -2.60. The third-order valence-corrected chi connectivity index (χ3v) is 3.50. The van der Waals surface area contributed by atoms with Crippen molar-refractivity contribution >= 4 is 11.6 Å².